The van der Waals surface area contributed by atoms with Gasteiger partial charge in [0.2, 0.25) is 0 Å². The van der Waals surface area contributed by atoms with E-state index in [9.17, 15) is 9.90 Å². The number of amides is 1. The molecule has 1 aromatic heterocycles. The molecule has 1 saturated carbocycles. The van der Waals surface area contributed by atoms with Crippen LogP contribution in [0.5, 0.6) is 5.75 Å². The van der Waals surface area contributed by atoms with E-state index < -0.39 is 0 Å². The normalized spacial score (nSPS) is 18.7. The molecule has 1 saturated heterocycles. The van der Waals surface area contributed by atoms with Gasteiger partial charge in [-0.25, -0.2) is 4.98 Å². The largest absolute Gasteiger partial charge is 0.506 e. The number of nitrogens with zero attached hydrogens (tertiary/aromatic N) is 1. The Balaban J connectivity index is 1.63. The molecule has 0 atom stereocenters. The maximum atomic E-state index is 12.3. The lowest BCUT2D eigenvalue weighted by Gasteiger charge is -2.27. The quantitative estimate of drug-likeness (QED) is 0.677. The van der Waals surface area contributed by atoms with Crippen molar-refractivity contribution in [3.63, 3.8) is 0 Å². The Labute approximate surface area is 122 Å². The van der Waals surface area contributed by atoms with Crippen LogP contribution >= 0.6 is 0 Å². The Morgan fingerprint density at radius 2 is 2.19 bits per heavy atom. The number of carbonyl (C=O) groups is 1. The molecule has 1 amide bonds. The van der Waals surface area contributed by atoms with Crippen molar-refractivity contribution in [3.05, 3.63) is 23.5 Å². The van der Waals surface area contributed by atoms with Gasteiger partial charge in [-0.3, -0.25) is 4.79 Å². The van der Waals surface area contributed by atoms with Crippen LogP contribution in [0.25, 0.3) is 11.0 Å². The first-order chi connectivity index (χ1) is 10.2. The SMILES string of the molecule is O=C(NCC1CNC1)c1ccc(O)c2nc(C3CC3)[nH]c12. The number of nitrogens with one attached hydrogen (secondary N) is 3. The van der Waals surface area contributed by atoms with Gasteiger partial charge in [0.15, 0.2) is 0 Å². The van der Waals surface area contributed by atoms with Crippen LogP contribution in [0.15, 0.2) is 12.1 Å². The molecule has 21 heavy (non-hydrogen) atoms. The highest BCUT2D eigenvalue weighted by Gasteiger charge is 2.28. The van der Waals surface area contributed by atoms with Gasteiger partial charge < -0.3 is 20.7 Å². The van der Waals surface area contributed by atoms with Crippen molar-refractivity contribution in [1.82, 2.24) is 20.6 Å². The molecule has 4 N–H and O–H groups in total. The number of phenolic OH excluding ortho intramolecular Hbond substituents is 1. The average Bonchev–Trinajstić information content (AvgIpc) is 3.17. The van der Waals surface area contributed by atoms with E-state index in [0.717, 1.165) is 31.8 Å². The number of imidazole rings is 1. The number of aromatic hydroxyl groups is 1. The number of benzene rings is 1. The summed E-state index contributed by atoms with van der Waals surface area (Å²) in [6.07, 6.45) is 2.24. The second kappa shape index (κ2) is 4.73. The zero-order valence-corrected chi connectivity index (χ0v) is 11.6. The van der Waals surface area contributed by atoms with E-state index >= 15 is 0 Å². The molecule has 6 heteroatoms. The maximum absolute atomic E-state index is 12.3. The third-order valence-corrected chi connectivity index (χ3v) is 4.27. The van der Waals surface area contributed by atoms with Gasteiger partial charge in [0.25, 0.3) is 5.91 Å². The molecule has 2 fully saturated rings. The van der Waals surface area contributed by atoms with Gasteiger partial charge in [-0.05, 0) is 25.0 Å². The summed E-state index contributed by atoms with van der Waals surface area (Å²) in [5, 5.41) is 16.1. The van der Waals surface area contributed by atoms with Gasteiger partial charge in [-0.15, -0.1) is 0 Å². The minimum absolute atomic E-state index is 0.113. The second-order valence-corrected chi connectivity index (χ2v) is 5.99. The van der Waals surface area contributed by atoms with E-state index in [1.165, 1.54) is 0 Å². The van der Waals surface area contributed by atoms with Gasteiger partial charge in [0, 0.05) is 31.5 Å². The molecule has 0 spiro atoms. The van der Waals surface area contributed by atoms with Crippen LogP contribution in [-0.2, 0) is 0 Å². The molecule has 2 aliphatic rings. The third kappa shape index (κ3) is 2.25. The summed E-state index contributed by atoms with van der Waals surface area (Å²) >= 11 is 0. The minimum Gasteiger partial charge on any atom is -0.506 e. The van der Waals surface area contributed by atoms with Crippen molar-refractivity contribution in [1.29, 1.82) is 0 Å². The molecule has 2 heterocycles. The van der Waals surface area contributed by atoms with Crippen molar-refractivity contribution >= 4 is 16.9 Å². The van der Waals surface area contributed by atoms with E-state index in [0.29, 0.717) is 35.0 Å². The van der Waals surface area contributed by atoms with Gasteiger partial charge in [0.05, 0.1) is 11.1 Å². The van der Waals surface area contributed by atoms with Crippen LogP contribution in [0.1, 0.15) is 34.9 Å². The summed E-state index contributed by atoms with van der Waals surface area (Å²) in [7, 11) is 0. The smallest absolute Gasteiger partial charge is 0.253 e. The topological polar surface area (TPSA) is 90.0 Å². The fourth-order valence-electron chi connectivity index (χ4n) is 2.66. The lowest BCUT2D eigenvalue weighted by Crippen LogP contribution is -2.48. The summed E-state index contributed by atoms with van der Waals surface area (Å²) < 4.78 is 0. The van der Waals surface area contributed by atoms with E-state index in [2.05, 4.69) is 20.6 Å². The predicted molar refractivity (Wildman–Crippen MR) is 78.4 cm³/mol. The summed E-state index contributed by atoms with van der Waals surface area (Å²) in [5.41, 5.74) is 1.69. The summed E-state index contributed by atoms with van der Waals surface area (Å²) in [4.78, 5) is 20.0. The number of phenols is 1. The Morgan fingerprint density at radius 1 is 1.38 bits per heavy atom. The lowest BCUT2D eigenvalue weighted by molar-refractivity contribution is 0.0943. The maximum Gasteiger partial charge on any atom is 0.253 e. The second-order valence-electron chi connectivity index (χ2n) is 5.99. The molecule has 110 valence electrons. The highest BCUT2D eigenvalue weighted by molar-refractivity contribution is 6.06. The number of carbonyl (C=O) groups excluding carboxylic acids is 1. The van der Waals surface area contributed by atoms with E-state index in [4.69, 9.17) is 0 Å². The van der Waals surface area contributed by atoms with Crippen LogP contribution in [-0.4, -0.2) is 40.6 Å². The molecule has 0 radical (unpaired) electrons. The third-order valence-electron chi connectivity index (χ3n) is 4.27. The number of hydrogen-bond donors (Lipinski definition) is 4. The zero-order valence-electron chi connectivity index (χ0n) is 11.6. The number of fused-ring (bicyclic) bond motifs is 1. The molecular weight excluding hydrogens is 268 g/mol. The van der Waals surface area contributed by atoms with Crippen molar-refractivity contribution < 1.29 is 9.90 Å². The van der Waals surface area contributed by atoms with Crippen LogP contribution in [0, 0.1) is 5.92 Å². The molecule has 1 aliphatic heterocycles. The van der Waals surface area contributed by atoms with E-state index in [-0.39, 0.29) is 11.7 Å². The molecule has 0 unspecified atom stereocenters. The highest BCUT2D eigenvalue weighted by Crippen LogP contribution is 2.40. The highest BCUT2D eigenvalue weighted by atomic mass is 16.3. The fraction of sp³-hybridized carbons (Fsp3) is 0.467. The van der Waals surface area contributed by atoms with Gasteiger partial charge in [0.1, 0.15) is 17.1 Å². The number of rotatable bonds is 4. The van der Waals surface area contributed by atoms with Crippen LogP contribution < -0.4 is 10.6 Å². The molecule has 4 rings (SSSR count). The van der Waals surface area contributed by atoms with Crippen LogP contribution in [0.3, 0.4) is 0 Å². The fourth-order valence-corrected chi connectivity index (χ4v) is 2.66. The molecule has 0 bridgehead atoms. The average molecular weight is 286 g/mol. The van der Waals surface area contributed by atoms with Crippen molar-refractivity contribution in [2.75, 3.05) is 19.6 Å². The number of aromatic nitrogens is 2. The lowest BCUT2D eigenvalue weighted by atomic mass is 10.0. The Morgan fingerprint density at radius 3 is 2.86 bits per heavy atom. The summed E-state index contributed by atoms with van der Waals surface area (Å²) in [6, 6.07) is 3.19. The Hall–Kier alpha value is -2.08. The van der Waals surface area contributed by atoms with Crippen molar-refractivity contribution in [3.8, 4) is 5.75 Å². The van der Waals surface area contributed by atoms with Crippen LogP contribution in [0.4, 0.5) is 0 Å². The summed E-state index contributed by atoms with van der Waals surface area (Å²) in [5.74, 6) is 1.86. The Kier molecular flexibility index (Phi) is 2.85. The van der Waals surface area contributed by atoms with Gasteiger partial charge >= 0.3 is 0 Å². The Bertz CT molecular complexity index is 701. The first-order valence-corrected chi connectivity index (χ1v) is 7.43. The van der Waals surface area contributed by atoms with Gasteiger partial charge in [-0.1, -0.05) is 0 Å². The zero-order chi connectivity index (χ0) is 14.4. The standard InChI is InChI=1S/C15H18N4O2/c20-11-4-3-10(15(21)17-7-8-5-16-6-8)12-13(11)19-14(18-12)9-1-2-9/h3-4,8-9,16,20H,1-2,5-7H2,(H,17,21)(H,18,19). The number of aromatic amines is 1. The minimum atomic E-state index is -0.113. The first-order valence-electron chi connectivity index (χ1n) is 7.43. The predicted octanol–water partition coefficient (Wildman–Crippen LogP) is 1.10. The van der Waals surface area contributed by atoms with Gasteiger partial charge in [-0.2, -0.15) is 0 Å². The van der Waals surface area contributed by atoms with Crippen molar-refractivity contribution in [2.24, 2.45) is 5.92 Å². The molecule has 1 aromatic carbocycles. The van der Waals surface area contributed by atoms with E-state index in [1.807, 2.05) is 0 Å². The molecular formula is C15H18N4O2. The number of hydrogen-bond acceptors (Lipinski definition) is 4. The van der Waals surface area contributed by atoms with E-state index in [1.54, 1.807) is 12.1 Å². The van der Waals surface area contributed by atoms with Crippen molar-refractivity contribution in [2.45, 2.75) is 18.8 Å². The molecule has 2 aromatic rings. The summed E-state index contributed by atoms with van der Waals surface area (Å²) in [6.45, 7) is 2.60. The number of H-pyrrole nitrogens is 1. The molecule has 6 nitrogen and oxygen atoms in total. The van der Waals surface area contributed by atoms with Crippen LogP contribution in [0.2, 0.25) is 0 Å². The monoisotopic (exact) mass is 286 g/mol. The molecule has 1 aliphatic carbocycles. The first kappa shape index (κ1) is 12.6.